The number of ether oxygens (including phenoxy) is 1. The fraction of sp³-hybridized carbons (Fsp3) is 0.310. The lowest BCUT2D eigenvalue weighted by molar-refractivity contribution is -0.139. The summed E-state index contributed by atoms with van der Waals surface area (Å²) in [7, 11) is -2.79. The predicted molar refractivity (Wildman–Crippen MR) is 148 cm³/mol. The Labute approximate surface area is 229 Å². The van der Waals surface area contributed by atoms with Gasteiger partial charge in [-0.15, -0.1) is 0 Å². The second kappa shape index (κ2) is 13.2. The molecule has 0 saturated carbocycles. The third-order valence-electron chi connectivity index (χ3n) is 6.09. The van der Waals surface area contributed by atoms with Gasteiger partial charge < -0.3 is 15.0 Å². The molecule has 208 valence electrons. The molecule has 0 spiro atoms. The molecule has 1 N–H and O–H groups in total. The monoisotopic (exact) mass is 555 g/mol. The van der Waals surface area contributed by atoms with Crippen LogP contribution in [0.25, 0.3) is 0 Å². The van der Waals surface area contributed by atoms with E-state index in [1.165, 1.54) is 48.4 Å². The van der Waals surface area contributed by atoms with Crippen LogP contribution in [0.2, 0.25) is 0 Å². The summed E-state index contributed by atoms with van der Waals surface area (Å²) < 4.78 is 47.3. The Morgan fingerprint density at radius 2 is 1.54 bits per heavy atom. The van der Waals surface area contributed by atoms with E-state index in [1.807, 2.05) is 44.2 Å². The molecule has 0 aromatic heterocycles. The highest BCUT2D eigenvalue weighted by Crippen LogP contribution is 2.26. The van der Waals surface area contributed by atoms with Gasteiger partial charge in [-0.3, -0.25) is 13.9 Å². The molecular formula is C29H34FN3O5S. The first-order valence-electron chi connectivity index (χ1n) is 12.6. The summed E-state index contributed by atoms with van der Waals surface area (Å²) in [6.07, 6.45) is 0. The van der Waals surface area contributed by atoms with E-state index in [0.717, 1.165) is 22.0 Å². The number of nitrogens with one attached hydrogen (secondary N) is 1. The van der Waals surface area contributed by atoms with E-state index < -0.39 is 34.3 Å². The van der Waals surface area contributed by atoms with E-state index >= 15 is 0 Å². The summed E-state index contributed by atoms with van der Waals surface area (Å²) in [5, 5.41) is 2.84. The fourth-order valence-corrected chi connectivity index (χ4v) is 5.24. The van der Waals surface area contributed by atoms with Crippen molar-refractivity contribution in [3.8, 4) is 5.75 Å². The summed E-state index contributed by atoms with van der Waals surface area (Å²) >= 11 is 0. The SMILES string of the molecule is COc1ccc(S(=O)(=O)N(CC(=O)N(Cc2ccccc2)[C@H](C)C(=O)NCC(C)C)c2ccc(F)cc2)cc1. The number of hydrogen-bond donors (Lipinski definition) is 1. The lowest BCUT2D eigenvalue weighted by atomic mass is 10.1. The zero-order chi connectivity index (χ0) is 28.6. The van der Waals surface area contributed by atoms with Gasteiger partial charge in [0, 0.05) is 13.1 Å². The van der Waals surface area contributed by atoms with Crippen LogP contribution in [0.1, 0.15) is 26.3 Å². The first kappa shape index (κ1) is 29.6. The van der Waals surface area contributed by atoms with Crippen molar-refractivity contribution in [1.29, 1.82) is 0 Å². The number of carbonyl (C=O) groups excluding carboxylic acids is 2. The standard InChI is InChI=1S/C29H34FN3O5S/c1-21(2)18-31-29(35)22(3)32(19-23-8-6-5-7-9-23)28(34)20-33(25-12-10-24(30)11-13-25)39(36,37)27-16-14-26(38-4)15-17-27/h5-17,21-22H,18-20H2,1-4H3,(H,31,35)/t22-/m1/s1. The number of benzene rings is 3. The van der Waals surface area contributed by atoms with E-state index in [9.17, 15) is 22.4 Å². The normalized spacial score (nSPS) is 12.1. The predicted octanol–water partition coefficient (Wildman–Crippen LogP) is 4.22. The maximum absolute atomic E-state index is 13.8. The average molecular weight is 556 g/mol. The van der Waals surface area contributed by atoms with Crippen molar-refractivity contribution in [3.63, 3.8) is 0 Å². The quantitative estimate of drug-likeness (QED) is 0.361. The molecule has 0 saturated heterocycles. The van der Waals surface area contributed by atoms with Crippen LogP contribution in [0.5, 0.6) is 5.75 Å². The first-order chi connectivity index (χ1) is 18.5. The summed E-state index contributed by atoms with van der Waals surface area (Å²) in [6.45, 7) is 5.45. The van der Waals surface area contributed by atoms with Gasteiger partial charge in [-0.05, 0) is 66.9 Å². The minimum Gasteiger partial charge on any atom is -0.497 e. The molecule has 0 bridgehead atoms. The molecule has 2 amide bonds. The average Bonchev–Trinajstić information content (AvgIpc) is 2.93. The number of carbonyl (C=O) groups is 2. The molecule has 3 aromatic carbocycles. The molecular weight excluding hydrogens is 521 g/mol. The van der Waals surface area contributed by atoms with Gasteiger partial charge in [0.15, 0.2) is 0 Å². The smallest absolute Gasteiger partial charge is 0.264 e. The topological polar surface area (TPSA) is 96.0 Å². The first-order valence-corrected chi connectivity index (χ1v) is 14.0. The maximum atomic E-state index is 13.8. The van der Waals surface area contributed by atoms with Gasteiger partial charge in [-0.1, -0.05) is 44.2 Å². The van der Waals surface area contributed by atoms with Gasteiger partial charge in [0.25, 0.3) is 10.0 Å². The van der Waals surface area contributed by atoms with Crippen molar-refractivity contribution in [2.75, 3.05) is 24.5 Å². The van der Waals surface area contributed by atoms with E-state index in [2.05, 4.69) is 5.32 Å². The molecule has 10 heteroatoms. The van der Waals surface area contributed by atoms with Crippen LogP contribution >= 0.6 is 0 Å². The van der Waals surface area contributed by atoms with Crippen LogP contribution in [-0.4, -0.2) is 51.4 Å². The largest absolute Gasteiger partial charge is 0.497 e. The molecule has 0 unspecified atom stereocenters. The van der Waals surface area contributed by atoms with Crippen molar-refractivity contribution in [1.82, 2.24) is 10.2 Å². The van der Waals surface area contributed by atoms with Crippen LogP contribution in [0.15, 0.2) is 83.8 Å². The Hall–Kier alpha value is -3.92. The molecule has 0 fully saturated rings. The van der Waals surface area contributed by atoms with Gasteiger partial charge in [-0.25, -0.2) is 12.8 Å². The number of hydrogen-bond acceptors (Lipinski definition) is 5. The van der Waals surface area contributed by atoms with Gasteiger partial charge in [0.05, 0.1) is 17.7 Å². The van der Waals surface area contributed by atoms with Gasteiger partial charge >= 0.3 is 0 Å². The van der Waals surface area contributed by atoms with Gasteiger partial charge in [0.2, 0.25) is 11.8 Å². The molecule has 39 heavy (non-hydrogen) atoms. The minimum atomic E-state index is -4.25. The minimum absolute atomic E-state index is 0.0715. The fourth-order valence-electron chi connectivity index (χ4n) is 3.83. The lowest BCUT2D eigenvalue weighted by Crippen LogP contribution is -2.51. The van der Waals surface area contributed by atoms with Gasteiger partial charge in [0.1, 0.15) is 24.2 Å². The molecule has 0 radical (unpaired) electrons. The van der Waals surface area contributed by atoms with E-state index in [0.29, 0.717) is 12.3 Å². The highest BCUT2D eigenvalue weighted by atomic mass is 32.2. The number of halogens is 1. The maximum Gasteiger partial charge on any atom is 0.264 e. The third kappa shape index (κ3) is 7.79. The van der Waals surface area contributed by atoms with Crippen molar-refractivity contribution in [3.05, 3.63) is 90.2 Å². The Bertz CT molecular complexity index is 1350. The van der Waals surface area contributed by atoms with Gasteiger partial charge in [-0.2, -0.15) is 0 Å². The Morgan fingerprint density at radius 3 is 2.10 bits per heavy atom. The number of nitrogens with zero attached hydrogens (tertiary/aromatic N) is 2. The van der Waals surface area contributed by atoms with E-state index in [-0.39, 0.29) is 29.0 Å². The lowest BCUT2D eigenvalue weighted by Gasteiger charge is -2.32. The van der Waals surface area contributed by atoms with Crippen molar-refractivity contribution < 1.29 is 27.1 Å². The molecule has 0 aliphatic rings. The second-order valence-corrected chi connectivity index (χ2v) is 11.3. The zero-order valence-electron chi connectivity index (χ0n) is 22.5. The summed E-state index contributed by atoms with van der Waals surface area (Å²) in [4.78, 5) is 28.1. The number of amides is 2. The Kier molecular flexibility index (Phi) is 10.1. The van der Waals surface area contributed by atoms with E-state index in [4.69, 9.17) is 4.74 Å². The zero-order valence-corrected chi connectivity index (χ0v) is 23.3. The molecule has 3 rings (SSSR count). The Balaban J connectivity index is 1.99. The molecule has 0 heterocycles. The highest BCUT2D eigenvalue weighted by Gasteiger charge is 2.32. The molecule has 0 aliphatic heterocycles. The van der Waals surface area contributed by atoms with Crippen molar-refractivity contribution >= 4 is 27.5 Å². The third-order valence-corrected chi connectivity index (χ3v) is 7.88. The van der Waals surface area contributed by atoms with Crippen LogP contribution in [0.3, 0.4) is 0 Å². The van der Waals surface area contributed by atoms with Crippen LogP contribution in [0, 0.1) is 11.7 Å². The summed E-state index contributed by atoms with van der Waals surface area (Å²) in [5.74, 6) is -0.809. The van der Waals surface area contributed by atoms with Crippen LogP contribution < -0.4 is 14.4 Å². The number of rotatable bonds is 12. The summed E-state index contributed by atoms with van der Waals surface area (Å²) in [6, 6.07) is 18.8. The molecule has 0 aliphatic carbocycles. The highest BCUT2D eigenvalue weighted by molar-refractivity contribution is 7.92. The van der Waals surface area contributed by atoms with Crippen molar-refractivity contribution in [2.24, 2.45) is 5.92 Å². The molecule has 8 nitrogen and oxygen atoms in total. The molecule has 3 aromatic rings. The van der Waals surface area contributed by atoms with E-state index in [1.54, 1.807) is 6.92 Å². The number of sulfonamides is 1. The van der Waals surface area contributed by atoms with Crippen LogP contribution in [-0.2, 0) is 26.2 Å². The van der Waals surface area contributed by atoms with Crippen LogP contribution in [0.4, 0.5) is 10.1 Å². The second-order valence-electron chi connectivity index (χ2n) is 9.49. The Morgan fingerprint density at radius 1 is 0.923 bits per heavy atom. The summed E-state index contributed by atoms with van der Waals surface area (Å²) in [5.41, 5.74) is 0.887. The number of methoxy groups -OCH3 is 1. The molecule has 1 atom stereocenters. The van der Waals surface area contributed by atoms with Crippen molar-refractivity contribution in [2.45, 2.75) is 38.3 Å². The number of anilines is 1.